The van der Waals surface area contributed by atoms with Crippen molar-refractivity contribution in [3.63, 3.8) is 0 Å². The normalized spacial score (nSPS) is 35.2. The molecule has 2 spiro atoms. The molecule has 0 radical (unpaired) electrons. The first-order chi connectivity index (χ1) is 14.6. The van der Waals surface area contributed by atoms with E-state index in [4.69, 9.17) is 5.73 Å². The number of likely N-dealkylation sites (tertiary alicyclic amines) is 3. The highest BCUT2D eigenvalue weighted by Gasteiger charge is 2.53. The van der Waals surface area contributed by atoms with Gasteiger partial charge < -0.3 is 15.5 Å². The highest BCUT2D eigenvalue weighted by atomic mass is 15.2. The van der Waals surface area contributed by atoms with Crippen LogP contribution in [-0.4, -0.2) is 78.1 Å². The number of nitrogens with two attached hydrogens (primary N) is 1. The Morgan fingerprint density at radius 2 is 1.06 bits per heavy atom. The Hall–Kier alpha value is -0.160. The molecule has 2 N–H and O–H groups in total. The summed E-state index contributed by atoms with van der Waals surface area (Å²) in [5.41, 5.74) is 7.43. The first kappa shape index (κ1) is 24.0. The van der Waals surface area contributed by atoms with Crippen molar-refractivity contribution in [3.05, 3.63) is 0 Å². The van der Waals surface area contributed by atoms with Gasteiger partial charge in [-0.2, -0.15) is 0 Å². The second kappa shape index (κ2) is 9.24. The zero-order chi connectivity index (χ0) is 22.4. The average molecular weight is 433 g/mol. The third-order valence-corrected chi connectivity index (χ3v) is 9.85. The van der Waals surface area contributed by atoms with Crippen LogP contribution in [0.2, 0.25) is 0 Å². The van der Waals surface area contributed by atoms with Crippen LogP contribution in [0.5, 0.6) is 0 Å². The standard InChI is InChI=1S/C10H19N.C9H17N.C8H16N2/c1-9(2)11-7-6-10(8-11)4-3-5-10;1-8(2)10-6-9(7-10)4-3-5-9;1-5(2)10-3-6-7(4-10)8(6)9/h9H,3-8H2,1-2H3;8H,3-7H2,1-2H3;5-8H,3-4,9H2,1-2H3. The van der Waals surface area contributed by atoms with E-state index >= 15 is 0 Å². The van der Waals surface area contributed by atoms with Gasteiger partial charge in [0.2, 0.25) is 0 Å². The minimum Gasteiger partial charge on any atom is -0.327 e. The van der Waals surface area contributed by atoms with Gasteiger partial charge in [-0.05, 0) is 103 Å². The lowest BCUT2D eigenvalue weighted by atomic mass is 9.63. The van der Waals surface area contributed by atoms with Crippen molar-refractivity contribution in [2.45, 2.75) is 111 Å². The van der Waals surface area contributed by atoms with Gasteiger partial charge in [-0.15, -0.1) is 0 Å². The van der Waals surface area contributed by atoms with E-state index in [1.807, 2.05) is 0 Å². The number of fused-ring (bicyclic) bond motifs is 1. The maximum Gasteiger partial charge on any atom is 0.0127 e. The molecule has 3 heterocycles. The summed E-state index contributed by atoms with van der Waals surface area (Å²) >= 11 is 0. The van der Waals surface area contributed by atoms with Crippen molar-refractivity contribution >= 4 is 0 Å². The fraction of sp³-hybridized carbons (Fsp3) is 1.00. The fourth-order valence-corrected chi connectivity index (χ4v) is 6.70. The van der Waals surface area contributed by atoms with E-state index < -0.39 is 0 Å². The number of hydrogen-bond acceptors (Lipinski definition) is 4. The Balaban J connectivity index is 0.000000112. The van der Waals surface area contributed by atoms with Gasteiger partial charge in [0, 0.05) is 56.9 Å². The van der Waals surface area contributed by atoms with Crippen molar-refractivity contribution in [1.29, 1.82) is 0 Å². The molecule has 4 nitrogen and oxygen atoms in total. The summed E-state index contributed by atoms with van der Waals surface area (Å²) in [7, 11) is 0. The summed E-state index contributed by atoms with van der Waals surface area (Å²) in [5, 5.41) is 0. The van der Waals surface area contributed by atoms with E-state index in [0.717, 1.165) is 40.8 Å². The maximum atomic E-state index is 5.81. The third kappa shape index (κ3) is 5.18. The van der Waals surface area contributed by atoms with E-state index in [1.54, 1.807) is 0 Å². The van der Waals surface area contributed by atoms with Gasteiger partial charge in [-0.3, -0.25) is 4.90 Å². The van der Waals surface area contributed by atoms with Gasteiger partial charge in [0.25, 0.3) is 0 Å². The van der Waals surface area contributed by atoms with Crippen LogP contribution >= 0.6 is 0 Å². The average Bonchev–Trinajstić information content (AvgIpc) is 3.05. The first-order valence-corrected chi connectivity index (χ1v) is 13.6. The topological polar surface area (TPSA) is 35.7 Å². The summed E-state index contributed by atoms with van der Waals surface area (Å²) in [6, 6.07) is 2.83. The smallest absolute Gasteiger partial charge is 0.0127 e. The van der Waals surface area contributed by atoms with Crippen LogP contribution in [0.4, 0.5) is 0 Å². The molecule has 0 aromatic heterocycles. The van der Waals surface area contributed by atoms with Crippen LogP contribution in [-0.2, 0) is 0 Å². The minimum atomic E-state index is 0.551. The zero-order valence-electron chi connectivity index (χ0n) is 21.6. The molecule has 2 unspecified atom stereocenters. The molecule has 0 aromatic rings. The SMILES string of the molecule is CC(C)N1CC2(CCC2)C1.CC(C)N1CC2C(N)C2C1.CC(C)N1CCC2(CCC2)C1. The second-order valence-corrected chi connectivity index (χ2v) is 13.0. The highest BCUT2D eigenvalue weighted by Crippen LogP contribution is 2.49. The van der Waals surface area contributed by atoms with Crippen LogP contribution in [0.25, 0.3) is 0 Å². The molecule has 31 heavy (non-hydrogen) atoms. The predicted molar refractivity (Wildman–Crippen MR) is 132 cm³/mol. The largest absolute Gasteiger partial charge is 0.327 e. The van der Waals surface area contributed by atoms with Crippen molar-refractivity contribution in [1.82, 2.24) is 14.7 Å². The van der Waals surface area contributed by atoms with E-state index in [0.29, 0.717) is 6.04 Å². The highest BCUT2D eigenvalue weighted by molar-refractivity contribution is 5.08. The molecule has 6 aliphatic rings. The van der Waals surface area contributed by atoms with Gasteiger partial charge >= 0.3 is 0 Å². The summed E-state index contributed by atoms with van der Waals surface area (Å²) < 4.78 is 0. The van der Waals surface area contributed by atoms with Gasteiger partial charge in [0.05, 0.1) is 0 Å². The van der Waals surface area contributed by atoms with Crippen LogP contribution in [0.15, 0.2) is 0 Å². The number of rotatable bonds is 3. The first-order valence-electron chi connectivity index (χ1n) is 13.6. The van der Waals surface area contributed by atoms with Crippen molar-refractivity contribution in [2.24, 2.45) is 28.4 Å². The molecule has 3 aliphatic heterocycles. The van der Waals surface area contributed by atoms with Crippen LogP contribution in [0, 0.1) is 22.7 Å². The lowest BCUT2D eigenvalue weighted by Gasteiger charge is -2.57. The monoisotopic (exact) mass is 432 g/mol. The number of nitrogens with zero attached hydrogens (tertiary/aromatic N) is 3. The summed E-state index contributed by atoms with van der Waals surface area (Å²) in [6.45, 7) is 21.8. The fourth-order valence-electron chi connectivity index (χ4n) is 6.70. The number of piperidine rings is 1. The summed E-state index contributed by atoms with van der Waals surface area (Å²) in [4.78, 5) is 7.75. The lowest BCUT2D eigenvalue weighted by Crippen LogP contribution is -2.61. The molecule has 180 valence electrons. The molecule has 3 saturated heterocycles. The molecule has 2 atom stereocenters. The van der Waals surface area contributed by atoms with Gasteiger partial charge in [-0.25, -0.2) is 0 Å². The maximum absolute atomic E-state index is 5.81. The third-order valence-electron chi connectivity index (χ3n) is 9.85. The molecule has 0 bridgehead atoms. The Morgan fingerprint density at radius 1 is 0.613 bits per heavy atom. The van der Waals surface area contributed by atoms with Crippen molar-refractivity contribution in [3.8, 4) is 0 Å². The van der Waals surface area contributed by atoms with Gasteiger partial charge in [0.1, 0.15) is 0 Å². The van der Waals surface area contributed by atoms with Crippen LogP contribution in [0.1, 0.15) is 86.5 Å². The molecule has 6 rings (SSSR count). The lowest BCUT2D eigenvalue weighted by molar-refractivity contribution is -0.0758. The molecule has 0 aromatic carbocycles. The molecule has 3 aliphatic carbocycles. The van der Waals surface area contributed by atoms with Crippen LogP contribution in [0.3, 0.4) is 0 Å². The van der Waals surface area contributed by atoms with Gasteiger partial charge in [-0.1, -0.05) is 12.8 Å². The summed E-state index contributed by atoms with van der Waals surface area (Å²) in [6.07, 6.45) is 10.5. The molecular formula is C27H52N4. The molecule has 6 fully saturated rings. The zero-order valence-corrected chi connectivity index (χ0v) is 21.6. The Morgan fingerprint density at radius 3 is 1.39 bits per heavy atom. The Bertz CT molecular complexity index is 572. The van der Waals surface area contributed by atoms with E-state index in [1.165, 1.54) is 84.2 Å². The van der Waals surface area contributed by atoms with Gasteiger partial charge in [0.15, 0.2) is 0 Å². The molecule has 4 heteroatoms. The van der Waals surface area contributed by atoms with E-state index in [-0.39, 0.29) is 0 Å². The summed E-state index contributed by atoms with van der Waals surface area (Å²) in [5.74, 6) is 1.70. The molecular weight excluding hydrogens is 380 g/mol. The van der Waals surface area contributed by atoms with Crippen molar-refractivity contribution < 1.29 is 0 Å². The molecule has 3 saturated carbocycles. The Labute approximate surface area is 193 Å². The number of hydrogen-bond donors (Lipinski definition) is 1. The Kier molecular flexibility index (Phi) is 7.14. The van der Waals surface area contributed by atoms with E-state index in [9.17, 15) is 0 Å². The van der Waals surface area contributed by atoms with Crippen molar-refractivity contribution in [2.75, 3.05) is 39.3 Å². The quantitative estimate of drug-likeness (QED) is 0.715. The molecule has 0 amide bonds. The minimum absolute atomic E-state index is 0.551. The van der Waals surface area contributed by atoms with Crippen LogP contribution < -0.4 is 5.73 Å². The van der Waals surface area contributed by atoms with E-state index in [2.05, 4.69) is 56.2 Å². The predicted octanol–water partition coefficient (Wildman–Crippen LogP) is 4.44. The second-order valence-electron chi connectivity index (χ2n) is 13.0.